The highest BCUT2D eigenvalue weighted by molar-refractivity contribution is 5.97. The van der Waals surface area contributed by atoms with Crippen LogP contribution < -0.4 is 4.74 Å². The maximum absolute atomic E-state index is 11.7. The molecule has 0 bridgehead atoms. The van der Waals surface area contributed by atoms with Crippen molar-refractivity contribution >= 4 is 17.8 Å². The molecule has 1 aromatic rings. The normalized spacial score (nSPS) is 14.8. The van der Waals surface area contributed by atoms with E-state index in [2.05, 4.69) is 0 Å². The van der Waals surface area contributed by atoms with Crippen molar-refractivity contribution < 1.29 is 24.0 Å². The molecule has 1 saturated heterocycles. The Labute approximate surface area is 135 Å². The number of hydroxylamine groups is 2. The maximum atomic E-state index is 11.7. The molecule has 0 aromatic heterocycles. The van der Waals surface area contributed by atoms with Crippen LogP contribution in [0.5, 0.6) is 5.75 Å². The first-order valence-corrected chi connectivity index (χ1v) is 7.74. The third-order valence-corrected chi connectivity index (χ3v) is 3.54. The standard InChI is InChI=1S/C17H21NO5/c1-12-8-9-14(13(2)11-12)22-10-4-7-17(21)23-18-15(19)5-3-6-16(18)20/h8-9,11H,3-7,10H2,1-2H3. The predicted molar refractivity (Wildman–Crippen MR) is 82.4 cm³/mol. The second-order valence-electron chi connectivity index (χ2n) is 5.62. The fraction of sp³-hybridized carbons (Fsp3) is 0.471. The van der Waals surface area contributed by atoms with E-state index in [1.54, 1.807) is 0 Å². The van der Waals surface area contributed by atoms with E-state index in [1.807, 2.05) is 32.0 Å². The molecule has 1 aromatic carbocycles. The topological polar surface area (TPSA) is 72.9 Å². The average molecular weight is 319 g/mol. The first-order chi connectivity index (χ1) is 11.0. The molecule has 0 radical (unpaired) electrons. The molecule has 0 unspecified atom stereocenters. The Hall–Kier alpha value is -2.37. The molecule has 0 spiro atoms. The molecular weight excluding hydrogens is 298 g/mol. The Balaban J connectivity index is 1.72. The number of imide groups is 1. The van der Waals surface area contributed by atoms with Gasteiger partial charge in [0.05, 0.1) is 13.0 Å². The third-order valence-electron chi connectivity index (χ3n) is 3.54. The predicted octanol–water partition coefficient (Wildman–Crippen LogP) is 2.46. The molecule has 1 aliphatic heterocycles. The summed E-state index contributed by atoms with van der Waals surface area (Å²) < 4.78 is 5.62. The summed E-state index contributed by atoms with van der Waals surface area (Å²) >= 11 is 0. The second-order valence-corrected chi connectivity index (χ2v) is 5.62. The zero-order valence-electron chi connectivity index (χ0n) is 13.5. The van der Waals surface area contributed by atoms with Crippen LogP contribution in [0.15, 0.2) is 18.2 Å². The fourth-order valence-corrected chi connectivity index (χ4v) is 2.34. The molecule has 2 amide bonds. The number of amides is 2. The first kappa shape index (κ1) is 17.0. The molecule has 0 atom stereocenters. The van der Waals surface area contributed by atoms with Crippen molar-refractivity contribution in [2.75, 3.05) is 6.61 Å². The molecule has 6 heteroatoms. The highest BCUT2D eigenvalue weighted by Crippen LogP contribution is 2.19. The van der Waals surface area contributed by atoms with Gasteiger partial charge in [-0.2, -0.15) is 0 Å². The first-order valence-electron chi connectivity index (χ1n) is 7.74. The molecule has 6 nitrogen and oxygen atoms in total. The van der Waals surface area contributed by atoms with Crippen LogP contribution in [-0.2, 0) is 19.2 Å². The van der Waals surface area contributed by atoms with Crippen LogP contribution in [0.3, 0.4) is 0 Å². The lowest BCUT2D eigenvalue weighted by molar-refractivity contribution is -0.205. The monoisotopic (exact) mass is 319 g/mol. The van der Waals surface area contributed by atoms with Gasteiger partial charge in [-0.05, 0) is 38.3 Å². The fourth-order valence-electron chi connectivity index (χ4n) is 2.34. The van der Waals surface area contributed by atoms with Crippen LogP contribution >= 0.6 is 0 Å². The zero-order chi connectivity index (χ0) is 16.8. The van der Waals surface area contributed by atoms with Gasteiger partial charge in [-0.15, -0.1) is 5.06 Å². The minimum atomic E-state index is -0.599. The van der Waals surface area contributed by atoms with Crippen LogP contribution in [0.2, 0.25) is 0 Å². The van der Waals surface area contributed by atoms with Gasteiger partial charge in [0, 0.05) is 12.8 Å². The van der Waals surface area contributed by atoms with E-state index in [9.17, 15) is 14.4 Å². The Kier molecular flexibility index (Phi) is 5.73. The van der Waals surface area contributed by atoms with Crippen molar-refractivity contribution in [3.05, 3.63) is 29.3 Å². The highest BCUT2D eigenvalue weighted by atomic mass is 16.7. The van der Waals surface area contributed by atoms with Crippen molar-refractivity contribution in [3.8, 4) is 5.75 Å². The summed E-state index contributed by atoms with van der Waals surface area (Å²) in [5.74, 6) is -0.731. The summed E-state index contributed by atoms with van der Waals surface area (Å²) in [6.45, 7) is 4.33. The molecule has 1 heterocycles. The minimum absolute atomic E-state index is 0.0853. The number of ether oxygens (including phenoxy) is 1. The summed E-state index contributed by atoms with van der Waals surface area (Å²) in [7, 11) is 0. The zero-order valence-corrected chi connectivity index (χ0v) is 13.5. The number of benzene rings is 1. The van der Waals surface area contributed by atoms with Crippen LogP contribution in [0.4, 0.5) is 0 Å². The van der Waals surface area contributed by atoms with Gasteiger partial charge in [0.25, 0.3) is 11.8 Å². The molecule has 0 saturated carbocycles. The van der Waals surface area contributed by atoms with E-state index in [-0.39, 0.29) is 19.3 Å². The molecular formula is C17H21NO5. The average Bonchev–Trinajstić information content (AvgIpc) is 2.49. The number of hydrogen-bond acceptors (Lipinski definition) is 5. The lowest BCUT2D eigenvalue weighted by Gasteiger charge is -2.22. The van der Waals surface area contributed by atoms with Crippen molar-refractivity contribution in [2.45, 2.75) is 46.0 Å². The third kappa shape index (κ3) is 4.81. The number of hydrogen-bond donors (Lipinski definition) is 0. The number of piperidine rings is 1. The molecule has 1 aliphatic rings. The summed E-state index contributed by atoms with van der Waals surface area (Å²) in [6.07, 6.45) is 1.50. The molecule has 1 fully saturated rings. The van der Waals surface area contributed by atoms with E-state index >= 15 is 0 Å². The maximum Gasteiger partial charge on any atom is 0.333 e. The molecule has 0 aliphatic carbocycles. The van der Waals surface area contributed by atoms with Crippen molar-refractivity contribution in [1.82, 2.24) is 5.06 Å². The molecule has 2 rings (SSSR count). The van der Waals surface area contributed by atoms with Gasteiger partial charge in [-0.25, -0.2) is 4.79 Å². The quantitative estimate of drug-likeness (QED) is 0.595. The van der Waals surface area contributed by atoms with Crippen molar-refractivity contribution in [2.24, 2.45) is 0 Å². The van der Waals surface area contributed by atoms with Crippen LogP contribution in [0.1, 0.15) is 43.2 Å². The number of aryl methyl sites for hydroxylation is 2. The lowest BCUT2D eigenvalue weighted by Crippen LogP contribution is -2.41. The van der Waals surface area contributed by atoms with Gasteiger partial charge in [-0.3, -0.25) is 9.59 Å². The van der Waals surface area contributed by atoms with Gasteiger partial charge in [0.2, 0.25) is 0 Å². The number of rotatable bonds is 6. The number of carbonyl (C=O) groups excluding carboxylic acids is 3. The summed E-state index contributed by atoms with van der Waals surface area (Å²) in [4.78, 5) is 39.6. The molecule has 124 valence electrons. The van der Waals surface area contributed by atoms with Crippen LogP contribution in [0, 0.1) is 13.8 Å². The van der Waals surface area contributed by atoms with Gasteiger partial charge >= 0.3 is 5.97 Å². The summed E-state index contributed by atoms with van der Waals surface area (Å²) in [5.41, 5.74) is 2.20. The van der Waals surface area contributed by atoms with E-state index in [4.69, 9.17) is 9.57 Å². The summed E-state index contributed by atoms with van der Waals surface area (Å²) in [6, 6.07) is 5.88. The Bertz CT molecular complexity index is 595. The Morgan fingerprint density at radius 3 is 2.52 bits per heavy atom. The van der Waals surface area contributed by atoms with Crippen LogP contribution in [-0.4, -0.2) is 29.5 Å². The number of nitrogens with zero attached hydrogens (tertiary/aromatic N) is 1. The van der Waals surface area contributed by atoms with Gasteiger partial charge in [0.1, 0.15) is 5.75 Å². The minimum Gasteiger partial charge on any atom is -0.493 e. The number of carbonyl (C=O) groups is 3. The molecule has 23 heavy (non-hydrogen) atoms. The second kappa shape index (κ2) is 7.76. The van der Waals surface area contributed by atoms with E-state index in [1.165, 1.54) is 0 Å². The lowest BCUT2D eigenvalue weighted by atomic mass is 10.1. The highest BCUT2D eigenvalue weighted by Gasteiger charge is 2.29. The van der Waals surface area contributed by atoms with Crippen molar-refractivity contribution in [3.63, 3.8) is 0 Å². The Morgan fingerprint density at radius 2 is 1.87 bits per heavy atom. The van der Waals surface area contributed by atoms with Gasteiger partial charge in [-0.1, -0.05) is 17.7 Å². The van der Waals surface area contributed by atoms with E-state index in [0.29, 0.717) is 24.5 Å². The smallest absolute Gasteiger partial charge is 0.333 e. The van der Waals surface area contributed by atoms with Gasteiger partial charge < -0.3 is 9.57 Å². The molecule has 0 N–H and O–H groups in total. The SMILES string of the molecule is Cc1ccc(OCCCC(=O)ON2C(=O)CCCC2=O)c(C)c1. The summed E-state index contributed by atoms with van der Waals surface area (Å²) in [5, 5.41) is 0.594. The Morgan fingerprint density at radius 1 is 1.17 bits per heavy atom. The van der Waals surface area contributed by atoms with Crippen LogP contribution in [0.25, 0.3) is 0 Å². The van der Waals surface area contributed by atoms with Crippen molar-refractivity contribution in [1.29, 1.82) is 0 Å². The van der Waals surface area contributed by atoms with E-state index in [0.717, 1.165) is 16.9 Å². The van der Waals surface area contributed by atoms with E-state index < -0.39 is 17.8 Å². The largest absolute Gasteiger partial charge is 0.493 e. The van der Waals surface area contributed by atoms with Gasteiger partial charge in [0.15, 0.2) is 0 Å².